The largest absolute Gasteiger partial charge is 0.413 e. The van der Waals surface area contributed by atoms with Crippen LogP contribution in [0, 0.1) is 0 Å². The van der Waals surface area contributed by atoms with Gasteiger partial charge in [0.05, 0.1) is 4.75 Å². The van der Waals surface area contributed by atoms with Crippen molar-refractivity contribution in [3.63, 3.8) is 0 Å². The quantitative estimate of drug-likeness (QED) is 0.590. The van der Waals surface area contributed by atoms with Crippen LogP contribution < -0.4 is 5.32 Å². The van der Waals surface area contributed by atoms with E-state index < -0.39 is 21.8 Å². The molecule has 1 rings (SSSR count). The molecule has 1 saturated carbocycles. The summed E-state index contributed by atoms with van der Waals surface area (Å²) in [6.45, 7) is 5.39. The average Bonchev–Trinajstić information content (AvgIpc) is 2.86. The van der Waals surface area contributed by atoms with E-state index in [9.17, 15) is 9.00 Å². The van der Waals surface area contributed by atoms with Gasteiger partial charge in [0.25, 0.3) is 0 Å². The van der Waals surface area contributed by atoms with Crippen LogP contribution in [-0.2, 0) is 15.7 Å². The summed E-state index contributed by atoms with van der Waals surface area (Å²) in [5, 5.41) is 2.61. The topological polar surface area (TPSA) is 67.8 Å². The minimum atomic E-state index is -1.39. The van der Waals surface area contributed by atoms with E-state index in [1.807, 2.05) is 0 Å². The van der Waals surface area contributed by atoms with E-state index in [1.54, 1.807) is 20.8 Å². The molecule has 86 valence electrons. The summed E-state index contributed by atoms with van der Waals surface area (Å²) in [7, 11) is -1.39. The van der Waals surface area contributed by atoms with Crippen molar-refractivity contribution >= 4 is 23.5 Å². The molecule has 5 nitrogen and oxygen atoms in total. The standard InChI is InChI=1S/C9H16N2O3S/c1-9(2,3)15(13)10-6-14-8(12)11-7-4-5-7/h6-7H,4-5H2,1-3H3,(H,11,12). The van der Waals surface area contributed by atoms with E-state index in [0.29, 0.717) is 0 Å². The number of ether oxygens (including phenoxy) is 1. The number of hydrogen-bond acceptors (Lipinski definition) is 3. The third-order valence-corrected chi connectivity index (χ3v) is 3.05. The van der Waals surface area contributed by atoms with Gasteiger partial charge in [0.1, 0.15) is 11.0 Å². The van der Waals surface area contributed by atoms with Crippen LogP contribution in [0.5, 0.6) is 0 Å². The van der Waals surface area contributed by atoms with Crippen LogP contribution in [0.3, 0.4) is 0 Å². The highest BCUT2D eigenvalue weighted by Gasteiger charge is 2.24. The molecule has 0 aromatic carbocycles. The van der Waals surface area contributed by atoms with Gasteiger partial charge in [-0.15, -0.1) is 0 Å². The maximum Gasteiger partial charge on any atom is 0.413 e. The molecule has 1 N–H and O–H groups in total. The van der Waals surface area contributed by atoms with Gasteiger partial charge in [-0.05, 0) is 33.6 Å². The number of alkyl carbamates (subject to hydrolysis) is 1. The molecule has 1 aliphatic carbocycles. The van der Waals surface area contributed by atoms with Crippen LogP contribution in [0.15, 0.2) is 4.40 Å². The molecule has 1 unspecified atom stereocenters. The van der Waals surface area contributed by atoms with Crippen molar-refractivity contribution in [3.8, 4) is 0 Å². The fourth-order valence-corrected chi connectivity index (χ4v) is 1.13. The lowest BCUT2D eigenvalue weighted by Crippen LogP contribution is -2.26. The highest BCUT2D eigenvalue weighted by molar-refractivity contribution is 7.85. The Morgan fingerprint density at radius 3 is 2.60 bits per heavy atom. The minimum Gasteiger partial charge on any atom is -0.398 e. The Bertz CT molecular complexity index is 292. The molecule has 0 spiro atoms. The zero-order valence-electron chi connectivity index (χ0n) is 9.15. The molecule has 1 amide bonds. The first kappa shape index (κ1) is 12.2. The van der Waals surface area contributed by atoms with Gasteiger partial charge in [0.15, 0.2) is 6.40 Å². The van der Waals surface area contributed by atoms with E-state index in [1.165, 1.54) is 0 Å². The third-order valence-electron chi connectivity index (χ3n) is 1.72. The fraction of sp³-hybridized carbons (Fsp3) is 0.778. The van der Waals surface area contributed by atoms with E-state index in [2.05, 4.69) is 14.5 Å². The SMILES string of the molecule is CC(C)(C)S(=O)N=COC(=O)NC1CC1. The van der Waals surface area contributed by atoms with Gasteiger partial charge in [0, 0.05) is 6.04 Å². The number of rotatable bonds is 3. The summed E-state index contributed by atoms with van der Waals surface area (Å²) in [6.07, 6.45) is 2.41. The zero-order valence-corrected chi connectivity index (χ0v) is 9.97. The van der Waals surface area contributed by atoms with E-state index in [-0.39, 0.29) is 6.04 Å². The third kappa shape index (κ3) is 4.92. The summed E-state index contributed by atoms with van der Waals surface area (Å²) in [4.78, 5) is 11.0. The Kier molecular flexibility index (Phi) is 3.84. The van der Waals surface area contributed by atoms with Gasteiger partial charge in [-0.3, -0.25) is 0 Å². The van der Waals surface area contributed by atoms with Crippen molar-refractivity contribution in [2.45, 2.75) is 44.4 Å². The van der Waals surface area contributed by atoms with Crippen molar-refractivity contribution in [2.75, 3.05) is 0 Å². The van der Waals surface area contributed by atoms with Crippen LogP contribution in [0.4, 0.5) is 4.79 Å². The maximum atomic E-state index is 11.4. The predicted octanol–water partition coefficient (Wildman–Crippen LogP) is 1.37. The van der Waals surface area contributed by atoms with Crippen molar-refractivity contribution in [1.29, 1.82) is 0 Å². The van der Waals surface area contributed by atoms with Crippen molar-refractivity contribution in [2.24, 2.45) is 4.40 Å². The normalized spacial score (nSPS) is 18.9. The molecule has 6 heteroatoms. The number of hydrogen-bond donors (Lipinski definition) is 1. The molecule has 15 heavy (non-hydrogen) atoms. The number of amides is 1. The van der Waals surface area contributed by atoms with Crippen LogP contribution in [0.2, 0.25) is 0 Å². The summed E-state index contributed by atoms with van der Waals surface area (Å²) in [6, 6.07) is 0.249. The molecule has 0 saturated heterocycles. The summed E-state index contributed by atoms with van der Waals surface area (Å²) in [5.74, 6) is 0. The molecule has 1 fully saturated rings. The van der Waals surface area contributed by atoms with Gasteiger partial charge >= 0.3 is 6.09 Å². The molecule has 0 aromatic rings. The first-order valence-corrected chi connectivity index (χ1v) is 5.92. The second kappa shape index (κ2) is 4.74. The molecule has 0 heterocycles. The fourth-order valence-electron chi connectivity index (χ4n) is 0.695. The lowest BCUT2D eigenvalue weighted by Gasteiger charge is -2.12. The zero-order chi connectivity index (χ0) is 11.5. The van der Waals surface area contributed by atoms with E-state index in [0.717, 1.165) is 19.2 Å². The van der Waals surface area contributed by atoms with Gasteiger partial charge < -0.3 is 10.1 Å². The molecule has 0 aromatic heterocycles. The number of nitrogens with one attached hydrogen (secondary N) is 1. The van der Waals surface area contributed by atoms with Gasteiger partial charge in [-0.2, -0.15) is 4.40 Å². The Morgan fingerprint density at radius 2 is 2.13 bits per heavy atom. The molecule has 0 bridgehead atoms. The number of carbonyl (C=O) groups is 1. The molecule has 1 atom stereocenters. The molecular weight excluding hydrogens is 216 g/mol. The summed E-state index contributed by atoms with van der Waals surface area (Å²) < 4.78 is 19.2. The Hall–Kier alpha value is -0.910. The Labute approximate surface area is 91.9 Å². The van der Waals surface area contributed by atoms with Crippen LogP contribution in [-0.4, -0.2) is 27.5 Å². The average molecular weight is 232 g/mol. The Morgan fingerprint density at radius 1 is 1.53 bits per heavy atom. The highest BCUT2D eigenvalue weighted by Crippen LogP contribution is 2.18. The lowest BCUT2D eigenvalue weighted by molar-refractivity contribution is 0.199. The van der Waals surface area contributed by atoms with Gasteiger partial charge in [0.2, 0.25) is 0 Å². The monoisotopic (exact) mass is 232 g/mol. The molecular formula is C9H16N2O3S. The van der Waals surface area contributed by atoms with Crippen LogP contribution in [0.1, 0.15) is 33.6 Å². The molecule has 0 radical (unpaired) electrons. The molecule has 1 aliphatic rings. The minimum absolute atomic E-state index is 0.249. The van der Waals surface area contributed by atoms with Crippen molar-refractivity contribution in [1.82, 2.24) is 5.32 Å². The summed E-state index contributed by atoms with van der Waals surface area (Å²) in [5.41, 5.74) is 0. The molecule has 0 aliphatic heterocycles. The second-order valence-electron chi connectivity index (χ2n) is 4.40. The van der Waals surface area contributed by atoms with Crippen molar-refractivity contribution in [3.05, 3.63) is 0 Å². The summed E-state index contributed by atoms with van der Waals surface area (Å²) >= 11 is 0. The van der Waals surface area contributed by atoms with Crippen LogP contribution >= 0.6 is 0 Å². The predicted molar refractivity (Wildman–Crippen MR) is 59.0 cm³/mol. The Balaban J connectivity index is 2.25. The maximum absolute atomic E-state index is 11.4. The first-order valence-electron chi connectivity index (χ1n) is 4.81. The number of nitrogens with zero attached hydrogens (tertiary/aromatic N) is 1. The van der Waals surface area contributed by atoms with Crippen LogP contribution in [0.25, 0.3) is 0 Å². The van der Waals surface area contributed by atoms with E-state index >= 15 is 0 Å². The smallest absolute Gasteiger partial charge is 0.398 e. The van der Waals surface area contributed by atoms with Crippen molar-refractivity contribution < 1.29 is 13.7 Å². The van der Waals surface area contributed by atoms with Gasteiger partial charge in [-0.1, -0.05) is 0 Å². The lowest BCUT2D eigenvalue weighted by atomic mass is 10.3. The first-order chi connectivity index (χ1) is 6.89. The second-order valence-corrected chi connectivity index (χ2v) is 6.33. The van der Waals surface area contributed by atoms with Gasteiger partial charge in [-0.25, -0.2) is 9.00 Å². The van der Waals surface area contributed by atoms with E-state index in [4.69, 9.17) is 0 Å². The number of carbonyl (C=O) groups excluding carboxylic acids is 1. The highest BCUT2D eigenvalue weighted by atomic mass is 32.2.